The van der Waals surface area contributed by atoms with Crippen molar-refractivity contribution in [1.82, 2.24) is 15.1 Å². The van der Waals surface area contributed by atoms with Crippen LogP contribution in [0.15, 0.2) is 12.4 Å². The van der Waals surface area contributed by atoms with E-state index in [9.17, 15) is 0 Å². The van der Waals surface area contributed by atoms with E-state index >= 15 is 0 Å². The first kappa shape index (κ1) is 10.7. The summed E-state index contributed by atoms with van der Waals surface area (Å²) in [7, 11) is 0. The van der Waals surface area contributed by atoms with Crippen LogP contribution in [0.2, 0.25) is 0 Å². The highest BCUT2D eigenvalue weighted by Gasteiger charge is 2.34. The molecule has 15 heavy (non-hydrogen) atoms. The lowest BCUT2D eigenvalue weighted by Gasteiger charge is -2.42. The van der Waals surface area contributed by atoms with Gasteiger partial charge in [0.15, 0.2) is 0 Å². The topological polar surface area (TPSA) is 29.9 Å². The minimum atomic E-state index is 0.439. The molecule has 84 valence electrons. The van der Waals surface area contributed by atoms with Crippen LogP contribution in [0.3, 0.4) is 0 Å². The second-order valence-electron chi connectivity index (χ2n) is 4.55. The van der Waals surface area contributed by atoms with Crippen LogP contribution in [0.4, 0.5) is 0 Å². The van der Waals surface area contributed by atoms with Gasteiger partial charge in [-0.3, -0.25) is 4.68 Å². The smallest absolute Gasteiger partial charge is 0.0534 e. The Morgan fingerprint density at radius 2 is 2.27 bits per heavy atom. The molecule has 1 saturated carbocycles. The standard InChI is InChI=1S/C12H21N3/c1-3-12(6-5-7-12)13-8-11-9-14-15(4-2)10-11/h9-10,13H,3-8H2,1-2H3. The van der Waals surface area contributed by atoms with Crippen molar-refractivity contribution in [1.29, 1.82) is 0 Å². The second kappa shape index (κ2) is 4.35. The van der Waals surface area contributed by atoms with Gasteiger partial charge in [-0.05, 0) is 32.6 Å². The molecule has 1 aromatic rings. The van der Waals surface area contributed by atoms with Gasteiger partial charge >= 0.3 is 0 Å². The molecule has 0 unspecified atom stereocenters. The third kappa shape index (κ3) is 2.23. The van der Waals surface area contributed by atoms with Crippen LogP contribution >= 0.6 is 0 Å². The zero-order valence-corrected chi connectivity index (χ0v) is 9.79. The zero-order valence-electron chi connectivity index (χ0n) is 9.79. The predicted molar refractivity (Wildman–Crippen MR) is 61.6 cm³/mol. The zero-order chi connectivity index (χ0) is 10.7. The molecule has 1 fully saturated rings. The number of rotatable bonds is 5. The molecule has 0 radical (unpaired) electrons. The fourth-order valence-electron chi connectivity index (χ4n) is 2.22. The van der Waals surface area contributed by atoms with Gasteiger partial charge in [-0.15, -0.1) is 0 Å². The molecule has 1 heterocycles. The Bertz CT molecular complexity index is 307. The summed E-state index contributed by atoms with van der Waals surface area (Å²) in [6.07, 6.45) is 9.41. The molecule has 0 bridgehead atoms. The maximum absolute atomic E-state index is 4.28. The van der Waals surface area contributed by atoms with Gasteiger partial charge in [0.1, 0.15) is 0 Å². The normalized spacial score (nSPS) is 18.8. The Labute approximate surface area is 91.9 Å². The van der Waals surface area contributed by atoms with Crippen LogP contribution < -0.4 is 5.32 Å². The summed E-state index contributed by atoms with van der Waals surface area (Å²) < 4.78 is 1.98. The van der Waals surface area contributed by atoms with Crippen LogP contribution in [0.5, 0.6) is 0 Å². The number of aryl methyl sites for hydroxylation is 1. The highest BCUT2D eigenvalue weighted by Crippen LogP contribution is 2.34. The Morgan fingerprint density at radius 3 is 2.73 bits per heavy atom. The molecule has 1 aromatic heterocycles. The number of nitrogens with one attached hydrogen (secondary N) is 1. The monoisotopic (exact) mass is 207 g/mol. The Kier molecular flexibility index (Phi) is 3.10. The van der Waals surface area contributed by atoms with Crippen molar-refractivity contribution < 1.29 is 0 Å². The van der Waals surface area contributed by atoms with E-state index in [1.165, 1.54) is 31.2 Å². The van der Waals surface area contributed by atoms with E-state index in [0.717, 1.165) is 13.1 Å². The quantitative estimate of drug-likeness (QED) is 0.803. The van der Waals surface area contributed by atoms with Crippen molar-refractivity contribution in [2.45, 2.75) is 58.2 Å². The molecule has 2 rings (SSSR count). The molecular formula is C12H21N3. The van der Waals surface area contributed by atoms with E-state index in [1.54, 1.807) is 0 Å². The molecule has 3 nitrogen and oxygen atoms in total. The first-order valence-electron chi connectivity index (χ1n) is 6.04. The summed E-state index contributed by atoms with van der Waals surface area (Å²) in [5.74, 6) is 0. The van der Waals surface area contributed by atoms with Crippen LogP contribution in [0.1, 0.15) is 45.1 Å². The predicted octanol–water partition coefficient (Wildman–Crippen LogP) is 2.33. The van der Waals surface area contributed by atoms with Gasteiger partial charge < -0.3 is 5.32 Å². The third-order valence-corrected chi connectivity index (χ3v) is 3.67. The van der Waals surface area contributed by atoms with E-state index in [2.05, 4.69) is 30.5 Å². The second-order valence-corrected chi connectivity index (χ2v) is 4.55. The molecule has 0 atom stereocenters. The summed E-state index contributed by atoms with van der Waals surface area (Å²) >= 11 is 0. The van der Waals surface area contributed by atoms with E-state index < -0.39 is 0 Å². The van der Waals surface area contributed by atoms with Crippen LogP contribution in [0, 0.1) is 0 Å². The lowest BCUT2D eigenvalue weighted by molar-refractivity contribution is 0.175. The minimum absolute atomic E-state index is 0.439. The van der Waals surface area contributed by atoms with Crippen molar-refractivity contribution in [3.8, 4) is 0 Å². The first-order chi connectivity index (χ1) is 7.28. The van der Waals surface area contributed by atoms with E-state index in [4.69, 9.17) is 0 Å². The lowest BCUT2D eigenvalue weighted by Crippen LogP contribution is -2.49. The molecule has 0 aromatic carbocycles. The van der Waals surface area contributed by atoms with Crippen molar-refractivity contribution in [3.05, 3.63) is 18.0 Å². The average Bonchev–Trinajstić information content (AvgIpc) is 2.65. The SMILES string of the molecule is CCn1cc(CNC2(CC)CCC2)cn1. The summed E-state index contributed by atoms with van der Waals surface area (Å²) in [6.45, 7) is 6.32. The molecule has 0 aliphatic heterocycles. The third-order valence-electron chi connectivity index (χ3n) is 3.67. The molecule has 3 heteroatoms. The van der Waals surface area contributed by atoms with Gasteiger partial charge in [0, 0.05) is 30.4 Å². The van der Waals surface area contributed by atoms with Gasteiger partial charge in [0.2, 0.25) is 0 Å². The Hall–Kier alpha value is -0.830. The maximum atomic E-state index is 4.28. The van der Waals surface area contributed by atoms with E-state index in [1.807, 2.05) is 10.9 Å². The van der Waals surface area contributed by atoms with Crippen LogP contribution in [0.25, 0.3) is 0 Å². The fourth-order valence-corrected chi connectivity index (χ4v) is 2.22. The average molecular weight is 207 g/mol. The van der Waals surface area contributed by atoms with Crippen LogP contribution in [-0.4, -0.2) is 15.3 Å². The summed E-state index contributed by atoms with van der Waals surface area (Å²) in [5, 5.41) is 7.96. The van der Waals surface area contributed by atoms with Crippen LogP contribution in [-0.2, 0) is 13.1 Å². The van der Waals surface area contributed by atoms with Gasteiger partial charge in [0.05, 0.1) is 6.20 Å². The summed E-state index contributed by atoms with van der Waals surface area (Å²) in [5.41, 5.74) is 1.74. The van der Waals surface area contributed by atoms with Crippen molar-refractivity contribution in [2.24, 2.45) is 0 Å². The number of nitrogens with zero attached hydrogens (tertiary/aromatic N) is 2. The van der Waals surface area contributed by atoms with E-state index in [-0.39, 0.29) is 0 Å². The molecular weight excluding hydrogens is 186 g/mol. The van der Waals surface area contributed by atoms with Crippen molar-refractivity contribution in [3.63, 3.8) is 0 Å². The number of hydrogen-bond donors (Lipinski definition) is 1. The van der Waals surface area contributed by atoms with Gasteiger partial charge in [-0.2, -0.15) is 5.10 Å². The van der Waals surface area contributed by atoms with E-state index in [0.29, 0.717) is 5.54 Å². The largest absolute Gasteiger partial charge is 0.307 e. The molecule has 1 N–H and O–H groups in total. The number of aromatic nitrogens is 2. The minimum Gasteiger partial charge on any atom is -0.307 e. The molecule has 1 aliphatic rings. The Balaban J connectivity index is 1.86. The molecule has 1 aliphatic carbocycles. The fraction of sp³-hybridized carbons (Fsp3) is 0.750. The summed E-state index contributed by atoms with van der Waals surface area (Å²) in [6, 6.07) is 0. The van der Waals surface area contributed by atoms with Gasteiger partial charge in [-0.25, -0.2) is 0 Å². The first-order valence-corrected chi connectivity index (χ1v) is 6.04. The Morgan fingerprint density at radius 1 is 1.47 bits per heavy atom. The van der Waals surface area contributed by atoms with Gasteiger partial charge in [0.25, 0.3) is 0 Å². The lowest BCUT2D eigenvalue weighted by atomic mass is 9.75. The summed E-state index contributed by atoms with van der Waals surface area (Å²) in [4.78, 5) is 0. The maximum Gasteiger partial charge on any atom is 0.0534 e. The molecule has 0 saturated heterocycles. The number of hydrogen-bond acceptors (Lipinski definition) is 2. The van der Waals surface area contributed by atoms with Gasteiger partial charge in [-0.1, -0.05) is 6.92 Å². The van der Waals surface area contributed by atoms with Crippen molar-refractivity contribution in [2.75, 3.05) is 0 Å². The molecule has 0 spiro atoms. The van der Waals surface area contributed by atoms with Crippen molar-refractivity contribution >= 4 is 0 Å². The highest BCUT2D eigenvalue weighted by atomic mass is 15.3. The molecule has 0 amide bonds. The highest BCUT2D eigenvalue weighted by molar-refractivity contribution is 5.06.